The van der Waals surface area contributed by atoms with E-state index in [4.69, 9.17) is 5.26 Å². The van der Waals surface area contributed by atoms with Crippen LogP contribution < -0.4 is 0 Å². The van der Waals surface area contributed by atoms with Crippen LogP contribution in [0.3, 0.4) is 0 Å². The van der Waals surface area contributed by atoms with Gasteiger partial charge in [-0.1, -0.05) is 48.5 Å². The fraction of sp³-hybridized carbons (Fsp3) is 0.105. The Morgan fingerprint density at radius 1 is 0.826 bits per heavy atom. The van der Waals surface area contributed by atoms with Crippen molar-refractivity contribution in [1.82, 2.24) is 0 Å². The van der Waals surface area contributed by atoms with Crippen LogP contribution in [-0.2, 0) is 12.6 Å². The van der Waals surface area contributed by atoms with E-state index in [2.05, 4.69) is 6.07 Å². The largest absolute Gasteiger partial charge is 0.416 e. The molecule has 3 aromatic carbocycles. The van der Waals surface area contributed by atoms with Crippen LogP contribution in [0.5, 0.6) is 0 Å². The summed E-state index contributed by atoms with van der Waals surface area (Å²) < 4.78 is 38.0. The molecule has 0 amide bonds. The summed E-state index contributed by atoms with van der Waals surface area (Å²) in [6, 6.07) is 18.6. The van der Waals surface area contributed by atoms with Gasteiger partial charge in [0, 0.05) is 0 Å². The van der Waals surface area contributed by atoms with Crippen LogP contribution in [0, 0.1) is 11.3 Å². The Bertz CT molecular complexity index is 887. The SMILES string of the molecule is N#CCc1cccc2c(-c3ccc(C(F)(F)F)cc3)cccc12. The van der Waals surface area contributed by atoms with E-state index in [0.29, 0.717) is 6.42 Å². The lowest BCUT2D eigenvalue weighted by Gasteiger charge is -2.11. The van der Waals surface area contributed by atoms with Gasteiger partial charge in [0.1, 0.15) is 0 Å². The number of hydrogen-bond donors (Lipinski definition) is 0. The van der Waals surface area contributed by atoms with Crippen molar-refractivity contribution in [2.24, 2.45) is 0 Å². The van der Waals surface area contributed by atoms with E-state index >= 15 is 0 Å². The van der Waals surface area contributed by atoms with Crippen LogP contribution in [0.2, 0.25) is 0 Å². The highest BCUT2D eigenvalue weighted by Gasteiger charge is 2.30. The highest BCUT2D eigenvalue weighted by Crippen LogP contribution is 2.34. The number of alkyl halides is 3. The minimum Gasteiger partial charge on any atom is -0.198 e. The number of fused-ring (bicyclic) bond motifs is 1. The number of nitriles is 1. The topological polar surface area (TPSA) is 23.8 Å². The van der Waals surface area contributed by atoms with E-state index in [9.17, 15) is 13.2 Å². The Morgan fingerprint density at radius 2 is 1.48 bits per heavy atom. The van der Waals surface area contributed by atoms with E-state index in [1.807, 2.05) is 36.4 Å². The zero-order valence-electron chi connectivity index (χ0n) is 12.1. The molecule has 4 heteroatoms. The molecular formula is C19H12F3N. The van der Waals surface area contributed by atoms with Gasteiger partial charge in [-0.25, -0.2) is 0 Å². The molecule has 0 atom stereocenters. The van der Waals surface area contributed by atoms with Gasteiger partial charge in [0.05, 0.1) is 18.1 Å². The zero-order chi connectivity index (χ0) is 16.4. The first-order chi connectivity index (χ1) is 11.0. The third-order valence-corrected chi connectivity index (χ3v) is 3.81. The first kappa shape index (κ1) is 15.1. The summed E-state index contributed by atoms with van der Waals surface area (Å²) in [5.74, 6) is 0. The molecule has 0 fully saturated rings. The molecule has 0 aromatic heterocycles. The third kappa shape index (κ3) is 2.91. The predicted octanol–water partition coefficient (Wildman–Crippen LogP) is 5.59. The lowest BCUT2D eigenvalue weighted by molar-refractivity contribution is -0.137. The molecule has 0 unspecified atom stereocenters. The summed E-state index contributed by atoms with van der Waals surface area (Å²) in [7, 11) is 0. The molecule has 0 saturated heterocycles. The van der Waals surface area contributed by atoms with Crippen LogP contribution >= 0.6 is 0 Å². The highest BCUT2D eigenvalue weighted by atomic mass is 19.4. The Balaban J connectivity index is 2.14. The molecule has 0 heterocycles. The fourth-order valence-corrected chi connectivity index (χ4v) is 2.70. The molecule has 0 aliphatic carbocycles. The average molecular weight is 311 g/mol. The van der Waals surface area contributed by atoms with Crippen molar-refractivity contribution in [1.29, 1.82) is 5.26 Å². The first-order valence-electron chi connectivity index (χ1n) is 7.06. The molecular weight excluding hydrogens is 299 g/mol. The summed E-state index contributed by atoms with van der Waals surface area (Å²) >= 11 is 0. The van der Waals surface area contributed by atoms with Gasteiger partial charge in [-0.15, -0.1) is 0 Å². The summed E-state index contributed by atoms with van der Waals surface area (Å²) in [5.41, 5.74) is 1.83. The molecule has 0 saturated carbocycles. The lowest BCUT2D eigenvalue weighted by atomic mass is 9.94. The van der Waals surface area contributed by atoms with Crippen molar-refractivity contribution in [3.05, 3.63) is 71.8 Å². The fourth-order valence-electron chi connectivity index (χ4n) is 2.70. The van der Waals surface area contributed by atoms with E-state index in [1.165, 1.54) is 12.1 Å². The van der Waals surface area contributed by atoms with Crippen molar-refractivity contribution in [2.45, 2.75) is 12.6 Å². The molecule has 0 radical (unpaired) electrons. The van der Waals surface area contributed by atoms with Crippen molar-refractivity contribution >= 4 is 10.8 Å². The van der Waals surface area contributed by atoms with E-state index in [-0.39, 0.29) is 0 Å². The van der Waals surface area contributed by atoms with Crippen molar-refractivity contribution < 1.29 is 13.2 Å². The quantitative estimate of drug-likeness (QED) is 0.605. The maximum Gasteiger partial charge on any atom is 0.416 e. The Labute approximate surface area is 131 Å². The van der Waals surface area contributed by atoms with Crippen LogP contribution in [-0.4, -0.2) is 0 Å². The van der Waals surface area contributed by atoms with Crippen LogP contribution in [0.1, 0.15) is 11.1 Å². The molecule has 3 rings (SSSR count). The summed E-state index contributed by atoms with van der Waals surface area (Å²) in [6.45, 7) is 0. The predicted molar refractivity (Wildman–Crippen MR) is 83.7 cm³/mol. The smallest absolute Gasteiger partial charge is 0.198 e. The molecule has 0 aliphatic heterocycles. The second-order valence-electron chi connectivity index (χ2n) is 5.23. The molecule has 0 N–H and O–H groups in total. The van der Waals surface area contributed by atoms with Crippen molar-refractivity contribution in [3.8, 4) is 17.2 Å². The Kier molecular flexibility index (Phi) is 3.79. The molecule has 114 valence electrons. The minimum absolute atomic E-state index is 0.299. The van der Waals surface area contributed by atoms with Gasteiger partial charge in [0.25, 0.3) is 0 Å². The molecule has 23 heavy (non-hydrogen) atoms. The number of halogens is 3. The highest BCUT2D eigenvalue weighted by molar-refractivity contribution is 5.98. The molecule has 0 aliphatic rings. The average Bonchev–Trinajstić information content (AvgIpc) is 2.54. The number of benzene rings is 3. The molecule has 3 aromatic rings. The minimum atomic E-state index is -4.34. The Morgan fingerprint density at radius 3 is 2.13 bits per heavy atom. The van der Waals surface area contributed by atoms with E-state index in [0.717, 1.165) is 39.6 Å². The van der Waals surface area contributed by atoms with E-state index < -0.39 is 11.7 Å². The number of hydrogen-bond acceptors (Lipinski definition) is 1. The monoisotopic (exact) mass is 311 g/mol. The second kappa shape index (κ2) is 5.77. The molecule has 0 spiro atoms. The lowest BCUT2D eigenvalue weighted by Crippen LogP contribution is -2.04. The maximum atomic E-state index is 12.7. The van der Waals surface area contributed by atoms with Gasteiger partial charge >= 0.3 is 6.18 Å². The van der Waals surface area contributed by atoms with Crippen molar-refractivity contribution in [2.75, 3.05) is 0 Å². The van der Waals surface area contributed by atoms with Gasteiger partial charge in [-0.05, 0) is 39.6 Å². The summed E-state index contributed by atoms with van der Waals surface area (Å²) in [6.07, 6.45) is -4.04. The van der Waals surface area contributed by atoms with Crippen LogP contribution in [0.4, 0.5) is 13.2 Å². The summed E-state index contributed by atoms with van der Waals surface area (Å²) in [4.78, 5) is 0. The summed E-state index contributed by atoms with van der Waals surface area (Å²) in [5, 5.41) is 10.8. The van der Waals surface area contributed by atoms with E-state index in [1.54, 1.807) is 0 Å². The van der Waals surface area contributed by atoms with Gasteiger partial charge < -0.3 is 0 Å². The zero-order valence-corrected chi connectivity index (χ0v) is 12.1. The normalized spacial score (nSPS) is 11.4. The number of nitrogens with zero attached hydrogens (tertiary/aromatic N) is 1. The molecule has 1 nitrogen and oxygen atoms in total. The van der Waals surface area contributed by atoms with Crippen LogP contribution in [0.15, 0.2) is 60.7 Å². The standard InChI is InChI=1S/C19H12F3N/c20-19(21,22)15-9-7-14(8-10-15)17-5-2-4-16-13(11-12-23)3-1-6-18(16)17/h1-10H,11H2. The van der Waals surface area contributed by atoms with Gasteiger partial charge in [-0.2, -0.15) is 18.4 Å². The van der Waals surface area contributed by atoms with Gasteiger partial charge in [-0.3, -0.25) is 0 Å². The first-order valence-corrected chi connectivity index (χ1v) is 7.06. The molecule has 0 bridgehead atoms. The van der Waals surface area contributed by atoms with Crippen LogP contribution in [0.25, 0.3) is 21.9 Å². The second-order valence-corrected chi connectivity index (χ2v) is 5.23. The third-order valence-electron chi connectivity index (χ3n) is 3.81. The number of rotatable bonds is 2. The van der Waals surface area contributed by atoms with Crippen molar-refractivity contribution in [3.63, 3.8) is 0 Å². The van der Waals surface area contributed by atoms with Gasteiger partial charge in [0.2, 0.25) is 0 Å². The van der Waals surface area contributed by atoms with Gasteiger partial charge in [0.15, 0.2) is 0 Å². The maximum absolute atomic E-state index is 12.7. The Hall–Kier alpha value is -2.80.